The van der Waals surface area contributed by atoms with E-state index in [9.17, 15) is 20.2 Å². The summed E-state index contributed by atoms with van der Waals surface area (Å²) in [4.78, 5) is 27.4. The number of benzene rings is 2. The number of nitro benzene ring substituents is 1. The van der Waals surface area contributed by atoms with Crippen LogP contribution in [0.1, 0.15) is 5.56 Å². The first-order chi connectivity index (χ1) is 16.0. The zero-order chi connectivity index (χ0) is 23.4. The Morgan fingerprint density at radius 1 is 1.09 bits per heavy atom. The summed E-state index contributed by atoms with van der Waals surface area (Å²) >= 11 is 0. The van der Waals surface area contributed by atoms with Gasteiger partial charge in [-0.05, 0) is 37.4 Å². The molecule has 1 aliphatic heterocycles. The van der Waals surface area contributed by atoms with E-state index in [0.717, 1.165) is 18.8 Å². The number of carbonyl (C=O) groups excluding carboxylic acids is 1. The van der Waals surface area contributed by atoms with Crippen molar-refractivity contribution in [2.45, 2.75) is 0 Å². The molecule has 0 spiro atoms. The van der Waals surface area contributed by atoms with E-state index in [4.69, 9.17) is 0 Å². The van der Waals surface area contributed by atoms with Crippen LogP contribution in [0.25, 0.3) is 23.0 Å². The molecule has 0 atom stereocenters. The molecule has 1 amide bonds. The Hall–Kier alpha value is -4.29. The van der Waals surface area contributed by atoms with Crippen LogP contribution in [0.3, 0.4) is 0 Å². The minimum atomic E-state index is -0.463. The minimum absolute atomic E-state index is 0.0235. The zero-order valence-corrected chi connectivity index (χ0v) is 18.1. The molecule has 0 saturated carbocycles. The number of piperazine rings is 1. The Bertz CT molecular complexity index is 1230. The molecular weight excluding hydrogens is 420 g/mol. The summed E-state index contributed by atoms with van der Waals surface area (Å²) in [5, 5.41) is 25.4. The van der Waals surface area contributed by atoms with Crippen molar-refractivity contribution in [3.05, 3.63) is 82.0 Å². The maximum absolute atomic E-state index is 13.0. The molecule has 0 radical (unpaired) electrons. The average molecular weight is 442 g/mol. The Labute approximate surface area is 190 Å². The highest BCUT2D eigenvalue weighted by Crippen LogP contribution is 2.28. The molecular formula is C24H22N6O3. The first-order valence-electron chi connectivity index (χ1n) is 10.5. The molecule has 1 fully saturated rings. The van der Waals surface area contributed by atoms with E-state index in [1.807, 2.05) is 43.4 Å². The predicted molar refractivity (Wildman–Crippen MR) is 123 cm³/mol. The summed E-state index contributed by atoms with van der Waals surface area (Å²) in [7, 11) is 2.00. The highest BCUT2D eigenvalue weighted by Gasteiger charge is 2.23. The van der Waals surface area contributed by atoms with Crippen molar-refractivity contribution in [1.82, 2.24) is 19.6 Å². The van der Waals surface area contributed by atoms with Gasteiger partial charge in [-0.2, -0.15) is 10.4 Å². The maximum Gasteiger partial charge on any atom is 0.269 e. The summed E-state index contributed by atoms with van der Waals surface area (Å²) in [5.41, 5.74) is 2.55. The second-order valence-electron chi connectivity index (χ2n) is 7.78. The number of nitrogens with zero attached hydrogens (tertiary/aromatic N) is 6. The Balaban J connectivity index is 1.75. The molecule has 9 nitrogen and oxygen atoms in total. The van der Waals surface area contributed by atoms with Crippen molar-refractivity contribution >= 4 is 17.7 Å². The van der Waals surface area contributed by atoms with Gasteiger partial charge < -0.3 is 9.80 Å². The van der Waals surface area contributed by atoms with Crippen LogP contribution in [0.5, 0.6) is 0 Å². The molecule has 1 aromatic heterocycles. The van der Waals surface area contributed by atoms with E-state index in [0.29, 0.717) is 29.9 Å². The number of amides is 1. The van der Waals surface area contributed by atoms with Crippen molar-refractivity contribution in [1.29, 1.82) is 5.26 Å². The lowest BCUT2D eigenvalue weighted by molar-refractivity contribution is -0.384. The Morgan fingerprint density at radius 2 is 1.76 bits per heavy atom. The minimum Gasteiger partial charge on any atom is -0.335 e. The molecule has 9 heteroatoms. The van der Waals surface area contributed by atoms with Crippen LogP contribution in [0.15, 0.2) is 66.4 Å². The van der Waals surface area contributed by atoms with Gasteiger partial charge in [0, 0.05) is 55.6 Å². The maximum atomic E-state index is 13.0. The number of hydrogen-bond donors (Lipinski definition) is 0. The smallest absolute Gasteiger partial charge is 0.269 e. The highest BCUT2D eigenvalue weighted by molar-refractivity contribution is 6.02. The lowest BCUT2D eigenvalue weighted by Crippen LogP contribution is -2.47. The molecule has 0 unspecified atom stereocenters. The number of nitro groups is 1. The molecule has 4 rings (SSSR count). The first-order valence-corrected chi connectivity index (χ1v) is 10.5. The monoisotopic (exact) mass is 442 g/mol. The lowest BCUT2D eigenvalue weighted by Gasteiger charge is -2.32. The van der Waals surface area contributed by atoms with E-state index in [1.54, 1.807) is 34.0 Å². The topological polar surface area (TPSA) is 108 Å². The summed E-state index contributed by atoms with van der Waals surface area (Å²) in [6.45, 7) is 2.63. The van der Waals surface area contributed by atoms with E-state index in [1.165, 1.54) is 12.1 Å². The van der Waals surface area contributed by atoms with Crippen LogP contribution in [0, 0.1) is 21.4 Å². The van der Waals surface area contributed by atoms with Crippen LogP contribution in [-0.2, 0) is 4.79 Å². The molecule has 1 aliphatic rings. The molecule has 2 heterocycles. The largest absolute Gasteiger partial charge is 0.335 e. The summed E-state index contributed by atoms with van der Waals surface area (Å²) in [5.74, 6) is -0.312. The van der Waals surface area contributed by atoms with Crippen LogP contribution < -0.4 is 0 Å². The average Bonchev–Trinajstić information content (AvgIpc) is 3.27. The normalized spacial score (nSPS) is 14.7. The fraction of sp³-hybridized carbons (Fsp3) is 0.208. The molecule has 0 N–H and O–H groups in total. The zero-order valence-electron chi connectivity index (χ0n) is 18.1. The van der Waals surface area contributed by atoms with Gasteiger partial charge in [0.15, 0.2) is 0 Å². The molecule has 1 saturated heterocycles. The predicted octanol–water partition coefficient (Wildman–Crippen LogP) is 3.13. The van der Waals surface area contributed by atoms with Gasteiger partial charge >= 0.3 is 0 Å². The van der Waals surface area contributed by atoms with Gasteiger partial charge in [0.2, 0.25) is 0 Å². The lowest BCUT2D eigenvalue weighted by atomic mass is 10.1. The van der Waals surface area contributed by atoms with E-state index < -0.39 is 4.92 Å². The van der Waals surface area contributed by atoms with Crippen molar-refractivity contribution < 1.29 is 9.72 Å². The molecule has 33 heavy (non-hydrogen) atoms. The molecule has 0 aliphatic carbocycles. The fourth-order valence-corrected chi connectivity index (χ4v) is 3.65. The number of nitriles is 1. The van der Waals surface area contributed by atoms with Crippen LogP contribution in [0.4, 0.5) is 5.69 Å². The number of hydrogen-bond acceptors (Lipinski definition) is 6. The van der Waals surface area contributed by atoms with Crippen LogP contribution >= 0.6 is 0 Å². The van der Waals surface area contributed by atoms with E-state index in [-0.39, 0.29) is 17.2 Å². The first kappa shape index (κ1) is 21.9. The van der Waals surface area contributed by atoms with Crippen molar-refractivity contribution in [3.63, 3.8) is 0 Å². The van der Waals surface area contributed by atoms with Crippen LogP contribution in [0.2, 0.25) is 0 Å². The van der Waals surface area contributed by atoms with Gasteiger partial charge in [0.1, 0.15) is 17.3 Å². The van der Waals surface area contributed by atoms with Gasteiger partial charge in [-0.1, -0.05) is 18.2 Å². The number of aromatic nitrogens is 2. The summed E-state index contributed by atoms with van der Waals surface area (Å²) in [6, 6.07) is 17.5. The van der Waals surface area contributed by atoms with Crippen molar-refractivity contribution in [3.8, 4) is 23.0 Å². The summed E-state index contributed by atoms with van der Waals surface area (Å²) in [6.07, 6.45) is 3.30. The highest BCUT2D eigenvalue weighted by atomic mass is 16.6. The van der Waals surface area contributed by atoms with Gasteiger partial charge in [-0.15, -0.1) is 0 Å². The quantitative estimate of drug-likeness (QED) is 0.260. The summed E-state index contributed by atoms with van der Waals surface area (Å²) < 4.78 is 1.66. The van der Waals surface area contributed by atoms with Gasteiger partial charge in [-0.3, -0.25) is 14.9 Å². The molecule has 0 bridgehead atoms. The molecule has 166 valence electrons. The van der Waals surface area contributed by atoms with Crippen molar-refractivity contribution in [2.75, 3.05) is 33.2 Å². The third-order valence-electron chi connectivity index (χ3n) is 5.56. The SMILES string of the molecule is CN1CCN(C(=O)/C(C#N)=C\c2cn(-c3ccccc3)nc2-c2ccc([N+](=O)[O-])cc2)CC1. The number of rotatable bonds is 5. The molecule has 2 aromatic carbocycles. The van der Waals surface area contributed by atoms with E-state index >= 15 is 0 Å². The Morgan fingerprint density at radius 3 is 2.36 bits per heavy atom. The standard InChI is InChI=1S/C24H22N6O3/c1-27-11-13-28(14-12-27)24(31)19(16-25)15-20-17-29(21-5-3-2-4-6-21)26-23(20)18-7-9-22(10-8-18)30(32)33/h2-10,15,17H,11-14H2,1H3/b19-15-. The van der Waals surface area contributed by atoms with Gasteiger partial charge in [0.05, 0.1) is 10.6 Å². The number of likely N-dealkylation sites (N-methyl/N-ethyl adjacent to an activating group) is 1. The third-order valence-corrected chi connectivity index (χ3v) is 5.56. The number of non-ortho nitro benzene ring substituents is 1. The Kier molecular flexibility index (Phi) is 6.29. The molecule has 3 aromatic rings. The van der Waals surface area contributed by atoms with Gasteiger partial charge in [-0.25, -0.2) is 4.68 Å². The van der Waals surface area contributed by atoms with E-state index in [2.05, 4.69) is 10.00 Å². The fourth-order valence-electron chi connectivity index (χ4n) is 3.65. The third kappa shape index (κ3) is 4.81. The number of para-hydroxylation sites is 1. The second-order valence-corrected chi connectivity index (χ2v) is 7.78. The van der Waals surface area contributed by atoms with Crippen molar-refractivity contribution in [2.24, 2.45) is 0 Å². The number of carbonyl (C=O) groups is 1. The second kappa shape index (κ2) is 9.46. The van der Waals surface area contributed by atoms with Gasteiger partial charge in [0.25, 0.3) is 11.6 Å². The van der Waals surface area contributed by atoms with Crippen LogP contribution in [-0.4, -0.2) is 63.6 Å².